The molecule has 0 spiro atoms. The van der Waals surface area contributed by atoms with Gasteiger partial charge in [-0.25, -0.2) is 14.8 Å². The maximum Gasteiger partial charge on any atom is 0.323 e. The van der Waals surface area contributed by atoms with E-state index in [1.54, 1.807) is 24.5 Å². The van der Waals surface area contributed by atoms with Gasteiger partial charge in [-0.15, -0.1) is 0 Å². The van der Waals surface area contributed by atoms with Crippen LogP contribution < -0.4 is 25.4 Å². The zero-order valence-corrected chi connectivity index (χ0v) is 17.8. The summed E-state index contributed by atoms with van der Waals surface area (Å²) in [4.78, 5) is 21.2. The summed E-state index contributed by atoms with van der Waals surface area (Å²) >= 11 is 0. The number of aromatic nitrogens is 2. The molecule has 1 heterocycles. The molecular weight excluding hydrogens is 406 g/mol. The molecule has 8 heteroatoms. The number of anilines is 3. The topological polar surface area (TPSA) is 97.4 Å². The first-order valence-electron chi connectivity index (χ1n) is 9.99. The van der Waals surface area contributed by atoms with Gasteiger partial charge in [-0.05, 0) is 42.0 Å². The van der Waals surface area contributed by atoms with Crippen LogP contribution in [0.5, 0.6) is 11.5 Å². The van der Waals surface area contributed by atoms with Gasteiger partial charge in [-0.1, -0.05) is 30.3 Å². The fourth-order valence-corrected chi connectivity index (χ4v) is 3.34. The van der Waals surface area contributed by atoms with Crippen molar-refractivity contribution in [2.24, 2.45) is 0 Å². The molecule has 4 rings (SSSR count). The summed E-state index contributed by atoms with van der Waals surface area (Å²) in [6.45, 7) is 0.540. The molecule has 1 aromatic heterocycles. The number of hydrogen-bond donors (Lipinski definition) is 3. The number of nitrogens with zero attached hydrogens (tertiary/aromatic N) is 2. The number of nitrogens with one attached hydrogen (secondary N) is 3. The van der Waals surface area contributed by atoms with Crippen molar-refractivity contribution < 1.29 is 14.3 Å². The largest absolute Gasteiger partial charge is 0.494 e. The van der Waals surface area contributed by atoms with Crippen LogP contribution in [-0.2, 0) is 6.54 Å². The molecule has 32 heavy (non-hydrogen) atoms. The predicted molar refractivity (Wildman–Crippen MR) is 125 cm³/mol. The number of para-hydroxylation sites is 2. The lowest BCUT2D eigenvalue weighted by Gasteiger charge is -2.15. The summed E-state index contributed by atoms with van der Waals surface area (Å²) in [5.41, 5.74) is 2.98. The number of ether oxygens (including phenoxy) is 2. The van der Waals surface area contributed by atoms with Crippen LogP contribution >= 0.6 is 0 Å². The highest BCUT2D eigenvalue weighted by Crippen LogP contribution is 2.34. The highest BCUT2D eigenvalue weighted by Gasteiger charge is 2.13. The number of benzene rings is 3. The quantitative estimate of drug-likeness (QED) is 0.386. The van der Waals surface area contributed by atoms with Crippen LogP contribution in [0.2, 0.25) is 0 Å². The molecule has 4 aromatic rings. The van der Waals surface area contributed by atoms with E-state index in [0.29, 0.717) is 29.4 Å². The normalized spacial score (nSPS) is 10.4. The first kappa shape index (κ1) is 20.9. The summed E-state index contributed by atoms with van der Waals surface area (Å²) in [6.07, 6.45) is 1.54. The Morgan fingerprint density at radius 2 is 1.62 bits per heavy atom. The molecule has 3 aromatic carbocycles. The number of amides is 2. The summed E-state index contributed by atoms with van der Waals surface area (Å²) in [6, 6.07) is 20.3. The van der Waals surface area contributed by atoms with E-state index in [0.717, 1.165) is 22.3 Å². The highest BCUT2D eigenvalue weighted by atomic mass is 16.5. The fraction of sp³-hybridized carbons (Fsp3) is 0.125. The maximum atomic E-state index is 12.6. The van der Waals surface area contributed by atoms with Crippen molar-refractivity contribution in [2.75, 3.05) is 30.2 Å². The molecule has 0 saturated carbocycles. The molecule has 0 saturated heterocycles. The van der Waals surface area contributed by atoms with Crippen molar-refractivity contribution in [3.63, 3.8) is 0 Å². The van der Waals surface area contributed by atoms with Crippen molar-refractivity contribution in [1.29, 1.82) is 0 Å². The maximum absolute atomic E-state index is 12.6. The van der Waals surface area contributed by atoms with Crippen molar-refractivity contribution >= 4 is 34.1 Å². The molecule has 0 bridgehead atoms. The second-order valence-corrected chi connectivity index (χ2v) is 6.91. The number of rotatable bonds is 7. The van der Waals surface area contributed by atoms with Gasteiger partial charge < -0.3 is 25.4 Å². The highest BCUT2D eigenvalue weighted by molar-refractivity contribution is 6.01. The van der Waals surface area contributed by atoms with Gasteiger partial charge in [0.2, 0.25) is 0 Å². The minimum absolute atomic E-state index is 0.403. The lowest BCUT2D eigenvalue weighted by molar-refractivity contribution is 0.262. The molecule has 3 N–H and O–H groups in total. The minimum atomic E-state index is -0.403. The Bertz CT molecular complexity index is 1220. The first-order chi connectivity index (χ1) is 15.7. The van der Waals surface area contributed by atoms with Crippen molar-refractivity contribution in [2.45, 2.75) is 6.54 Å². The summed E-state index contributed by atoms with van der Waals surface area (Å²) in [5.74, 6) is 1.78. The Morgan fingerprint density at radius 1 is 0.875 bits per heavy atom. The molecular formula is C24H23N5O3. The number of carbonyl (C=O) groups excluding carboxylic acids is 1. The van der Waals surface area contributed by atoms with Crippen molar-refractivity contribution in [3.05, 3.63) is 78.6 Å². The predicted octanol–water partition coefficient (Wildman–Crippen LogP) is 4.90. The third-order valence-corrected chi connectivity index (χ3v) is 4.85. The molecule has 0 unspecified atom stereocenters. The number of fused-ring (bicyclic) bond motifs is 1. The Balaban J connectivity index is 1.44. The lowest BCUT2D eigenvalue weighted by atomic mass is 10.2. The Morgan fingerprint density at radius 3 is 2.41 bits per heavy atom. The van der Waals surface area contributed by atoms with Crippen LogP contribution in [0.4, 0.5) is 22.0 Å². The van der Waals surface area contributed by atoms with E-state index in [1.807, 2.05) is 48.5 Å². The van der Waals surface area contributed by atoms with Crippen LogP contribution in [-0.4, -0.2) is 30.2 Å². The van der Waals surface area contributed by atoms with E-state index >= 15 is 0 Å². The summed E-state index contributed by atoms with van der Waals surface area (Å²) in [7, 11) is 3.07. The SMILES string of the molecule is COc1cccc(OC)c1NC(=O)Nc1cccc(CNc2ncnc3ccccc23)c1. The van der Waals surface area contributed by atoms with Gasteiger partial charge in [0.1, 0.15) is 29.3 Å². The average molecular weight is 429 g/mol. The van der Waals surface area contributed by atoms with Gasteiger partial charge in [0.05, 0.1) is 19.7 Å². The van der Waals surface area contributed by atoms with E-state index in [-0.39, 0.29) is 0 Å². The van der Waals surface area contributed by atoms with Crippen molar-refractivity contribution in [3.8, 4) is 11.5 Å². The first-order valence-corrected chi connectivity index (χ1v) is 9.99. The van der Waals surface area contributed by atoms with Gasteiger partial charge in [0, 0.05) is 17.6 Å². The zero-order valence-electron chi connectivity index (χ0n) is 17.8. The lowest BCUT2D eigenvalue weighted by Crippen LogP contribution is -2.20. The van der Waals surface area contributed by atoms with E-state index in [2.05, 4.69) is 25.9 Å². The Kier molecular flexibility index (Phi) is 6.31. The van der Waals surface area contributed by atoms with Crippen LogP contribution in [0.1, 0.15) is 5.56 Å². The number of hydrogen-bond acceptors (Lipinski definition) is 6. The van der Waals surface area contributed by atoms with Crippen LogP contribution in [0, 0.1) is 0 Å². The van der Waals surface area contributed by atoms with E-state index in [1.165, 1.54) is 14.2 Å². The van der Waals surface area contributed by atoms with E-state index < -0.39 is 6.03 Å². The molecule has 0 radical (unpaired) electrons. The molecule has 0 aliphatic heterocycles. The average Bonchev–Trinajstić information content (AvgIpc) is 2.83. The zero-order chi connectivity index (χ0) is 22.3. The molecule has 8 nitrogen and oxygen atoms in total. The van der Waals surface area contributed by atoms with Crippen LogP contribution in [0.25, 0.3) is 10.9 Å². The fourth-order valence-electron chi connectivity index (χ4n) is 3.34. The molecule has 0 fully saturated rings. The molecule has 0 aliphatic carbocycles. The van der Waals surface area contributed by atoms with Crippen molar-refractivity contribution in [1.82, 2.24) is 9.97 Å². The van der Waals surface area contributed by atoms with Gasteiger partial charge >= 0.3 is 6.03 Å². The molecule has 0 aliphatic rings. The number of methoxy groups -OCH3 is 2. The van der Waals surface area contributed by atoms with Gasteiger partial charge in [-0.2, -0.15) is 0 Å². The standard InChI is InChI=1S/C24H23N5O3/c1-31-20-11-6-12-21(32-2)22(20)29-24(30)28-17-8-5-7-16(13-17)14-25-23-18-9-3-4-10-19(18)26-15-27-23/h3-13,15H,14H2,1-2H3,(H,25,26,27)(H2,28,29,30). The third-order valence-electron chi connectivity index (χ3n) is 4.85. The molecule has 0 atom stereocenters. The van der Waals surface area contributed by atoms with Gasteiger partial charge in [-0.3, -0.25) is 0 Å². The monoisotopic (exact) mass is 429 g/mol. The van der Waals surface area contributed by atoms with E-state index in [9.17, 15) is 4.79 Å². The van der Waals surface area contributed by atoms with Crippen LogP contribution in [0.15, 0.2) is 73.1 Å². The molecule has 2 amide bonds. The number of carbonyl (C=O) groups is 1. The van der Waals surface area contributed by atoms with Gasteiger partial charge in [0.15, 0.2) is 0 Å². The summed E-state index contributed by atoms with van der Waals surface area (Å²) in [5, 5.41) is 9.94. The second-order valence-electron chi connectivity index (χ2n) is 6.91. The number of urea groups is 1. The third kappa shape index (κ3) is 4.70. The van der Waals surface area contributed by atoms with Gasteiger partial charge in [0.25, 0.3) is 0 Å². The summed E-state index contributed by atoms with van der Waals surface area (Å²) < 4.78 is 10.6. The minimum Gasteiger partial charge on any atom is -0.494 e. The van der Waals surface area contributed by atoms with E-state index in [4.69, 9.17) is 9.47 Å². The Hall–Kier alpha value is -4.33. The smallest absolute Gasteiger partial charge is 0.323 e. The second kappa shape index (κ2) is 9.65. The van der Waals surface area contributed by atoms with Crippen LogP contribution in [0.3, 0.4) is 0 Å². The molecule has 162 valence electrons. The Labute approximate surface area is 185 Å².